The zero-order valence-electron chi connectivity index (χ0n) is 11.1. The Balaban J connectivity index is 2.25. The molecule has 0 saturated carbocycles. The Morgan fingerprint density at radius 1 is 1.40 bits per heavy atom. The lowest BCUT2D eigenvalue weighted by Crippen LogP contribution is -2.48. The smallest absolute Gasteiger partial charge is 0.328 e. The van der Waals surface area contributed by atoms with E-state index >= 15 is 0 Å². The Hall–Kier alpha value is -1.75. The topological polar surface area (TPSA) is 66.8 Å². The predicted molar refractivity (Wildman–Crippen MR) is 73.8 cm³/mol. The largest absolute Gasteiger partial charge is 0.506 e. The summed E-state index contributed by atoms with van der Waals surface area (Å²) in [5.74, 6) is -0.753. The highest BCUT2D eigenvalue weighted by atomic mass is 35.5. The number of amides is 1. The average molecular weight is 298 g/mol. The fourth-order valence-electron chi connectivity index (χ4n) is 2.36. The molecule has 1 aromatic carbocycles. The summed E-state index contributed by atoms with van der Waals surface area (Å²) in [4.78, 5) is 25.7. The van der Waals surface area contributed by atoms with Crippen LogP contribution in [-0.4, -0.2) is 41.6 Å². The number of hydrogen-bond acceptors (Lipinski definition) is 4. The van der Waals surface area contributed by atoms with Crippen LogP contribution in [0.15, 0.2) is 18.2 Å². The number of halogens is 1. The van der Waals surface area contributed by atoms with E-state index < -0.39 is 12.0 Å². The fourth-order valence-corrected chi connectivity index (χ4v) is 2.54. The minimum absolute atomic E-state index is 0.0774. The van der Waals surface area contributed by atoms with Gasteiger partial charge in [-0.25, -0.2) is 4.79 Å². The van der Waals surface area contributed by atoms with E-state index in [0.29, 0.717) is 18.5 Å². The normalized spacial score (nSPS) is 18.7. The number of rotatable bonds is 2. The fraction of sp³-hybridized carbons (Fsp3) is 0.429. The first-order valence-electron chi connectivity index (χ1n) is 6.42. The number of hydrogen-bond donors (Lipinski definition) is 1. The minimum atomic E-state index is -0.547. The van der Waals surface area contributed by atoms with Gasteiger partial charge in [-0.15, -0.1) is 0 Å². The molecule has 20 heavy (non-hydrogen) atoms. The number of ether oxygens (including phenoxy) is 1. The highest BCUT2D eigenvalue weighted by Crippen LogP contribution is 2.26. The SMILES string of the molecule is COC(=O)C1CCCCN1C(=O)c1ccc(O)c(Cl)c1. The van der Waals surface area contributed by atoms with Crippen molar-refractivity contribution in [3.05, 3.63) is 28.8 Å². The third kappa shape index (κ3) is 2.88. The first kappa shape index (κ1) is 14.7. The second-order valence-electron chi connectivity index (χ2n) is 4.70. The van der Waals surface area contributed by atoms with Crippen molar-refractivity contribution < 1.29 is 19.4 Å². The van der Waals surface area contributed by atoms with Crippen molar-refractivity contribution in [2.75, 3.05) is 13.7 Å². The summed E-state index contributed by atoms with van der Waals surface area (Å²) in [5, 5.41) is 9.50. The molecule has 1 fully saturated rings. The molecule has 6 heteroatoms. The Kier molecular flexibility index (Phi) is 4.49. The Morgan fingerprint density at radius 2 is 2.15 bits per heavy atom. The van der Waals surface area contributed by atoms with Crippen LogP contribution < -0.4 is 0 Å². The highest BCUT2D eigenvalue weighted by molar-refractivity contribution is 6.32. The molecular formula is C14H16ClNO4. The van der Waals surface area contributed by atoms with Gasteiger partial charge in [-0.3, -0.25) is 4.79 Å². The highest BCUT2D eigenvalue weighted by Gasteiger charge is 2.33. The number of nitrogens with zero attached hydrogens (tertiary/aromatic N) is 1. The molecule has 1 aromatic rings. The summed E-state index contributed by atoms with van der Waals surface area (Å²) in [7, 11) is 1.32. The number of carbonyl (C=O) groups excluding carboxylic acids is 2. The van der Waals surface area contributed by atoms with Crippen LogP contribution in [0.3, 0.4) is 0 Å². The van der Waals surface area contributed by atoms with Gasteiger partial charge in [0.1, 0.15) is 11.8 Å². The lowest BCUT2D eigenvalue weighted by Gasteiger charge is -2.33. The summed E-state index contributed by atoms with van der Waals surface area (Å²) in [6.07, 6.45) is 2.34. The van der Waals surface area contributed by atoms with Gasteiger partial charge in [-0.2, -0.15) is 0 Å². The van der Waals surface area contributed by atoms with E-state index in [4.69, 9.17) is 16.3 Å². The van der Waals surface area contributed by atoms with E-state index in [0.717, 1.165) is 12.8 Å². The van der Waals surface area contributed by atoms with Crippen molar-refractivity contribution >= 4 is 23.5 Å². The van der Waals surface area contributed by atoms with Gasteiger partial charge in [0, 0.05) is 12.1 Å². The molecule has 1 amide bonds. The van der Waals surface area contributed by atoms with Crippen LogP contribution in [0.4, 0.5) is 0 Å². The third-order valence-electron chi connectivity index (χ3n) is 3.43. The number of methoxy groups -OCH3 is 1. The van der Waals surface area contributed by atoms with Crippen LogP contribution in [0.2, 0.25) is 5.02 Å². The monoisotopic (exact) mass is 297 g/mol. The maximum absolute atomic E-state index is 12.5. The molecule has 108 valence electrons. The quantitative estimate of drug-likeness (QED) is 0.850. The molecule has 0 bridgehead atoms. The summed E-state index contributed by atoms with van der Waals surface area (Å²) < 4.78 is 4.75. The Labute approximate surface area is 122 Å². The Morgan fingerprint density at radius 3 is 2.80 bits per heavy atom. The third-order valence-corrected chi connectivity index (χ3v) is 3.73. The molecule has 1 unspecified atom stereocenters. The lowest BCUT2D eigenvalue weighted by molar-refractivity contribution is -0.147. The van der Waals surface area contributed by atoms with Gasteiger partial charge in [0.2, 0.25) is 0 Å². The van der Waals surface area contributed by atoms with Crippen LogP contribution in [0.1, 0.15) is 29.6 Å². The first-order chi connectivity index (χ1) is 9.54. The molecule has 0 radical (unpaired) electrons. The summed E-state index contributed by atoms with van der Waals surface area (Å²) in [6, 6.07) is 3.72. The van der Waals surface area contributed by atoms with E-state index in [2.05, 4.69) is 0 Å². The molecule has 0 spiro atoms. The maximum atomic E-state index is 12.5. The van der Waals surface area contributed by atoms with E-state index in [1.165, 1.54) is 30.2 Å². The molecule has 1 N–H and O–H groups in total. The van der Waals surface area contributed by atoms with Gasteiger partial charge in [-0.1, -0.05) is 11.6 Å². The van der Waals surface area contributed by atoms with Crippen molar-refractivity contribution in [1.82, 2.24) is 4.90 Å². The molecule has 2 rings (SSSR count). The van der Waals surface area contributed by atoms with E-state index in [1.54, 1.807) is 0 Å². The molecule has 0 aromatic heterocycles. The number of piperidine rings is 1. The number of esters is 1. The van der Waals surface area contributed by atoms with Crippen LogP contribution in [0, 0.1) is 0 Å². The van der Waals surface area contributed by atoms with Gasteiger partial charge < -0.3 is 14.7 Å². The number of phenols is 1. The van der Waals surface area contributed by atoms with Crippen molar-refractivity contribution in [3.8, 4) is 5.75 Å². The standard InChI is InChI=1S/C14H16ClNO4/c1-20-14(19)11-4-2-3-7-16(11)13(18)9-5-6-12(17)10(15)8-9/h5-6,8,11,17H,2-4,7H2,1H3. The van der Waals surface area contributed by atoms with Crippen molar-refractivity contribution in [2.45, 2.75) is 25.3 Å². The van der Waals surface area contributed by atoms with Gasteiger partial charge in [0.15, 0.2) is 0 Å². The van der Waals surface area contributed by atoms with E-state index in [1.807, 2.05) is 0 Å². The van der Waals surface area contributed by atoms with Gasteiger partial charge in [0.25, 0.3) is 5.91 Å². The molecule has 1 aliphatic heterocycles. The second kappa shape index (κ2) is 6.13. The molecular weight excluding hydrogens is 282 g/mol. The van der Waals surface area contributed by atoms with Crippen molar-refractivity contribution in [3.63, 3.8) is 0 Å². The summed E-state index contributed by atoms with van der Waals surface area (Å²) in [6.45, 7) is 0.511. The number of benzene rings is 1. The molecule has 5 nitrogen and oxygen atoms in total. The molecule has 1 saturated heterocycles. The van der Waals surface area contributed by atoms with Gasteiger partial charge in [-0.05, 0) is 37.5 Å². The van der Waals surface area contributed by atoms with E-state index in [-0.39, 0.29) is 16.7 Å². The number of carbonyl (C=O) groups is 2. The average Bonchev–Trinajstić information content (AvgIpc) is 2.48. The molecule has 1 atom stereocenters. The zero-order chi connectivity index (χ0) is 14.7. The van der Waals surface area contributed by atoms with Crippen molar-refractivity contribution in [1.29, 1.82) is 0 Å². The van der Waals surface area contributed by atoms with E-state index in [9.17, 15) is 14.7 Å². The summed E-state index contributed by atoms with van der Waals surface area (Å²) in [5.41, 5.74) is 0.351. The minimum Gasteiger partial charge on any atom is -0.506 e. The number of likely N-dealkylation sites (tertiary alicyclic amines) is 1. The second-order valence-corrected chi connectivity index (χ2v) is 5.11. The summed E-state index contributed by atoms with van der Waals surface area (Å²) >= 11 is 5.81. The van der Waals surface area contributed by atoms with Gasteiger partial charge >= 0.3 is 5.97 Å². The van der Waals surface area contributed by atoms with Crippen LogP contribution in [0.25, 0.3) is 0 Å². The Bertz CT molecular complexity index is 532. The first-order valence-corrected chi connectivity index (χ1v) is 6.79. The molecule has 0 aliphatic carbocycles. The lowest BCUT2D eigenvalue weighted by atomic mass is 10.0. The molecule has 1 heterocycles. The number of phenolic OH excluding ortho intramolecular Hbond substituents is 1. The predicted octanol–water partition coefficient (Wildman–Crippen LogP) is 2.21. The maximum Gasteiger partial charge on any atom is 0.328 e. The number of aromatic hydroxyl groups is 1. The van der Waals surface area contributed by atoms with Crippen molar-refractivity contribution in [2.24, 2.45) is 0 Å². The molecule has 1 aliphatic rings. The van der Waals surface area contributed by atoms with Crippen LogP contribution >= 0.6 is 11.6 Å². The van der Waals surface area contributed by atoms with Crippen LogP contribution in [0.5, 0.6) is 5.75 Å². The van der Waals surface area contributed by atoms with Crippen LogP contribution in [-0.2, 0) is 9.53 Å². The zero-order valence-corrected chi connectivity index (χ0v) is 11.9. The van der Waals surface area contributed by atoms with Gasteiger partial charge in [0.05, 0.1) is 12.1 Å².